The Morgan fingerprint density at radius 1 is 1.42 bits per heavy atom. The van der Waals surface area contributed by atoms with E-state index in [1.807, 2.05) is 0 Å². The number of carbonyl (C=O) groups excluding carboxylic acids is 1. The van der Waals surface area contributed by atoms with Gasteiger partial charge in [-0.15, -0.1) is 0 Å². The minimum absolute atomic E-state index is 0. The second-order valence-corrected chi connectivity index (χ2v) is 6.32. The third-order valence-corrected chi connectivity index (χ3v) is 4.05. The summed E-state index contributed by atoms with van der Waals surface area (Å²) < 4.78 is 26.1. The summed E-state index contributed by atoms with van der Waals surface area (Å²) in [5.41, 5.74) is 5.22. The van der Waals surface area contributed by atoms with Gasteiger partial charge >= 0.3 is 29.6 Å². The van der Waals surface area contributed by atoms with Crippen molar-refractivity contribution in [3.63, 3.8) is 0 Å². The van der Waals surface area contributed by atoms with Gasteiger partial charge in [0.25, 0.3) is 7.82 Å². The van der Waals surface area contributed by atoms with Gasteiger partial charge in [-0.2, -0.15) is 0 Å². The smallest absolute Gasteiger partial charge is 0.756 e. The van der Waals surface area contributed by atoms with Crippen molar-refractivity contribution >= 4 is 13.7 Å². The number of hydrogen-bond acceptors (Lipinski definition) is 10. The van der Waals surface area contributed by atoms with E-state index in [2.05, 4.69) is 9.84 Å². The fourth-order valence-electron chi connectivity index (χ4n) is 1.98. The van der Waals surface area contributed by atoms with Crippen LogP contribution in [-0.2, 0) is 23.1 Å². The molecule has 6 N–H and O–H groups in total. The van der Waals surface area contributed by atoms with Crippen LogP contribution in [0.4, 0.5) is 0 Å². The van der Waals surface area contributed by atoms with E-state index in [-0.39, 0.29) is 49.1 Å². The number of aliphatic hydroxyl groups excluding tert-OH is 3. The Balaban J connectivity index is 0.00000529. The van der Waals surface area contributed by atoms with Gasteiger partial charge < -0.3 is 40.5 Å². The zero-order chi connectivity index (χ0) is 17.6. The molecule has 0 bridgehead atoms. The third kappa shape index (κ3) is 7.32. The van der Waals surface area contributed by atoms with Gasteiger partial charge in [-0.05, 0) is 13.0 Å². The Bertz CT molecular complexity index is 444. The van der Waals surface area contributed by atoms with Crippen LogP contribution in [0.3, 0.4) is 0 Å². The number of amides is 1. The molecular weight excluding hydrogens is 358 g/mol. The van der Waals surface area contributed by atoms with Gasteiger partial charge in [0.15, 0.2) is 6.29 Å². The molecule has 0 aromatic carbocycles. The number of nitrogens with two attached hydrogens (primary N) is 1. The van der Waals surface area contributed by atoms with Crippen molar-refractivity contribution in [1.82, 2.24) is 5.32 Å². The molecule has 24 heavy (non-hydrogen) atoms. The van der Waals surface area contributed by atoms with Crippen molar-refractivity contribution in [3.05, 3.63) is 0 Å². The van der Waals surface area contributed by atoms with E-state index in [9.17, 15) is 24.5 Å². The summed E-state index contributed by atoms with van der Waals surface area (Å²) in [5.74, 6) is -0.606. The average molecular weight is 380 g/mol. The second-order valence-electron chi connectivity index (χ2n) is 4.96. The quantitative estimate of drug-likeness (QED) is 0.154. The maximum Gasteiger partial charge on any atom is 1.00 e. The van der Waals surface area contributed by atoms with Crippen molar-refractivity contribution < 1.29 is 72.9 Å². The molecule has 13 heteroatoms. The molecule has 1 fully saturated rings. The van der Waals surface area contributed by atoms with Crippen LogP contribution >= 0.6 is 7.82 Å². The Labute approximate surface area is 161 Å². The molecule has 1 saturated heterocycles. The summed E-state index contributed by atoms with van der Waals surface area (Å²) in [6, 6.07) is -1.37. The number of ether oxygens (including phenoxy) is 1. The Hall–Kier alpha value is 0.380. The first kappa shape index (κ1) is 24.4. The SMILES string of the molecule is CC(=O)N[C@H]1[C@@H](OP(=O)([O-])OCCCN)O[C@H](CO)[C@@H](O)[C@@H]1O.[Na+]. The monoisotopic (exact) mass is 380 g/mol. The van der Waals surface area contributed by atoms with Crippen LogP contribution in [0.2, 0.25) is 0 Å². The first-order valence-corrected chi connectivity index (χ1v) is 8.41. The van der Waals surface area contributed by atoms with Crippen molar-refractivity contribution in [2.75, 3.05) is 19.8 Å². The normalized spacial score (nSPS) is 32.5. The molecule has 0 aromatic heterocycles. The van der Waals surface area contributed by atoms with Crippen molar-refractivity contribution in [2.24, 2.45) is 5.73 Å². The van der Waals surface area contributed by atoms with Crippen molar-refractivity contribution in [1.29, 1.82) is 0 Å². The standard InChI is InChI=1S/C11H23N2O9P.Na/c1-6(15)13-8-10(17)9(16)7(5-14)21-11(8)22-23(18,19)20-4-2-3-12;/h7-11,14,16-17H,2-5,12H2,1H3,(H,13,15)(H,18,19);/q;+1/p-1/t7-,8-,9-,10-,11-;/m1./s1. The molecule has 0 aromatic rings. The molecule has 1 unspecified atom stereocenters. The molecule has 1 aliphatic rings. The van der Waals surface area contributed by atoms with Crippen molar-refractivity contribution in [2.45, 2.75) is 44.0 Å². The van der Waals surface area contributed by atoms with Crippen molar-refractivity contribution in [3.8, 4) is 0 Å². The summed E-state index contributed by atoms with van der Waals surface area (Å²) in [6.45, 7) is 0.445. The maximum atomic E-state index is 11.7. The Kier molecular flexibility index (Phi) is 11.3. The summed E-state index contributed by atoms with van der Waals surface area (Å²) in [7, 11) is -4.81. The van der Waals surface area contributed by atoms with Crippen LogP contribution in [0.15, 0.2) is 0 Å². The molecule has 1 heterocycles. The molecular formula is C11H22N2NaO9P. The minimum Gasteiger partial charge on any atom is -0.756 e. The van der Waals surface area contributed by atoms with Gasteiger partial charge in [-0.25, -0.2) is 0 Å². The average Bonchev–Trinajstić information content (AvgIpc) is 2.46. The maximum absolute atomic E-state index is 11.7. The summed E-state index contributed by atoms with van der Waals surface area (Å²) in [4.78, 5) is 22.9. The fraction of sp³-hybridized carbons (Fsp3) is 0.909. The molecule has 1 amide bonds. The van der Waals surface area contributed by atoms with Crippen LogP contribution in [0.1, 0.15) is 13.3 Å². The van der Waals surface area contributed by atoms with Crippen LogP contribution in [0, 0.1) is 0 Å². The number of phosphoric acid groups is 1. The third-order valence-electron chi connectivity index (χ3n) is 3.08. The number of nitrogens with one attached hydrogen (secondary N) is 1. The topological polar surface area (TPSA) is 184 Å². The fourth-order valence-corrected chi connectivity index (χ4v) is 2.83. The molecule has 0 saturated carbocycles. The van der Waals surface area contributed by atoms with Crippen LogP contribution in [-0.4, -0.2) is 71.6 Å². The Morgan fingerprint density at radius 3 is 2.54 bits per heavy atom. The van der Waals surface area contributed by atoms with Gasteiger partial charge in [0.1, 0.15) is 24.4 Å². The van der Waals surface area contributed by atoms with E-state index in [0.29, 0.717) is 0 Å². The van der Waals surface area contributed by atoms with E-state index in [0.717, 1.165) is 6.92 Å². The predicted molar refractivity (Wildman–Crippen MR) is 73.7 cm³/mol. The molecule has 1 rings (SSSR count). The largest absolute Gasteiger partial charge is 1.00 e. The minimum atomic E-state index is -4.81. The predicted octanol–water partition coefficient (Wildman–Crippen LogP) is -6.22. The number of hydrogen-bond donors (Lipinski definition) is 5. The zero-order valence-corrected chi connectivity index (χ0v) is 16.4. The summed E-state index contributed by atoms with van der Waals surface area (Å²) in [5, 5.41) is 31.1. The first-order chi connectivity index (χ1) is 10.7. The van der Waals surface area contributed by atoms with E-state index in [1.165, 1.54) is 0 Å². The number of phosphoric ester groups is 1. The van der Waals surface area contributed by atoms with E-state index in [4.69, 9.17) is 20.1 Å². The summed E-state index contributed by atoms with van der Waals surface area (Å²) >= 11 is 0. The van der Waals surface area contributed by atoms with Gasteiger partial charge in [-0.3, -0.25) is 13.9 Å². The van der Waals surface area contributed by atoms with E-state index in [1.54, 1.807) is 0 Å². The van der Waals surface area contributed by atoms with E-state index >= 15 is 0 Å². The zero-order valence-electron chi connectivity index (χ0n) is 13.5. The van der Waals surface area contributed by atoms with E-state index < -0.39 is 51.0 Å². The molecule has 6 atom stereocenters. The van der Waals surface area contributed by atoms with Gasteiger partial charge in [0, 0.05) is 6.92 Å². The summed E-state index contributed by atoms with van der Waals surface area (Å²) in [6.07, 6.45) is -5.84. The first-order valence-electron chi connectivity index (χ1n) is 6.95. The van der Waals surface area contributed by atoms with Gasteiger partial charge in [0.2, 0.25) is 5.91 Å². The van der Waals surface area contributed by atoms with Gasteiger partial charge in [-0.1, -0.05) is 0 Å². The number of rotatable bonds is 8. The molecule has 0 spiro atoms. The van der Waals surface area contributed by atoms with Crippen LogP contribution < -0.4 is 45.5 Å². The molecule has 0 radical (unpaired) electrons. The van der Waals surface area contributed by atoms with Crippen LogP contribution in [0.5, 0.6) is 0 Å². The second kappa shape index (κ2) is 11.2. The molecule has 0 aliphatic carbocycles. The molecule has 11 nitrogen and oxygen atoms in total. The molecule has 1 aliphatic heterocycles. The Morgan fingerprint density at radius 2 is 2.04 bits per heavy atom. The molecule has 136 valence electrons. The number of aliphatic hydroxyl groups is 3. The van der Waals surface area contributed by atoms with Gasteiger partial charge in [0.05, 0.1) is 13.2 Å². The van der Waals surface area contributed by atoms with Crippen LogP contribution in [0.25, 0.3) is 0 Å². The number of carbonyl (C=O) groups is 1.